The molecule has 1 amide bonds. The van der Waals surface area contributed by atoms with E-state index in [0.29, 0.717) is 20.7 Å². The van der Waals surface area contributed by atoms with E-state index in [-0.39, 0.29) is 18.1 Å². The summed E-state index contributed by atoms with van der Waals surface area (Å²) >= 11 is 13.3. The van der Waals surface area contributed by atoms with Gasteiger partial charge in [-0.25, -0.2) is 9.37 Å². The van der Waals surface area contributed by atoms with Crippen molar-refractivity contribution in [1.29, 1.82) is 0 Å². The lowest BCUT2D eigenvalue weighted by atomic mass is 10.1. The van der Waals surface area contributed by atoms with Gasteiger partial charge in [0.15, 0.2) is 5.13 Å². The first kappa shape index (κ1) is 15.2. The van der Waals surface area contributed by atoms with Crippen LogP contribution in [0.4, 0.5) is 9.52 Å². The van der Waals surface area contributed by atoms with Crippen LogP contribution < -0.4 is 5.32 Å². The van der Waals surface area contributed by atoms with E-state index >= 15 is 0 Å². The molecule has 3 nitrogen and oxygen atoms in total. The van der Waals surface area contributed by atoms with Gasteiger partial charge in [0.25, 0.3) is 0 Å². The standard InChI is InChI=1S/C15H9Cl2FN2OS/c16-10-5-6-11-14(13(10)17)20-15(22-11)19-12(21)7-8-1-3-9(18)4-2-8/h1-6H,7H2,(H,19,20,21). The predicted molar refractivity (Wildman–Crippen MR) is 88.4 cm³/mol. The first-order valence-electron chi connectivity index (χ1n) is 6.32. The third kappa shape index (κ3) is 3.21. The fraction of sp³-hybridized carbons (Fsp3) is 0.0667. The SMILES string of the molecule is O=C(Cc1ccc(F)cc1)Nc1nc2c(Cl)c(Cl)ccc2s1. The van der Waals surface area contributed by atoms with Crippen LogP contribution in [-0.4, -0.2) is 10.9 Å². The van der Waals surface area contributed by atoms with E-state index in [4.69, 9.17) is 23.2 Å². The number of amides is 1. The van der Waals surface area contributed by atoms with Crippen molar-refractivity contribution in [2.24, 2.45) is 0 Å². The van der Waals surface area contributed by atoms with E-state index in [1.807, 2.05) is 0 Å². The second-order valence-electron chi connectivity index (χ2n) is 4.58. The molecule has 3 rings (SSSR count). The Morgan fingerprint density at radius 1 is 1.18 bits per heavy atom. The van der Waals surface area contributed by atoms with Crippen LogP contribution in [0.2, 0.25) is 10.0 Å². The van der Waals surface area contributed by atoms with Gasteiger partial charge in [-0.05, 0) is 29.8 Å². The van der Waals surface area contributed by atoms with Gasteiger partial charge in [-0.2, -0.15) is 0 Å². The van der Waals surface area contributed by atoms with Gasteiger partial charge in [0.1, 0.15) is 11.3 Å². The van der Waals surface area contributed by atoms with E-state index in [1.165, 1.54) is 23.5 Å². The van der Waals surface area contributed by atoms with E-state index in [2.05, 4.69) is 10.3 Å². The third-order valence-corrected chi connectivity index (χ3v) is 4.71. The van der Waals surface area contributed by atoms with E-state index in [9.17, 15) is 9.18 Å². The zero-order valence-electron chi connectivity index (χ0n) is 11.1. The summed E-state index contributed by atoms with van der Waals surface area (Å²) in [5.74, 6) is -0.560. The molecule has 0 aliphatic carbocycles. The lowest BCUT2D eigenvalue weighted by Crippen LogP contribution is -2.14. The van der Waals surface area contributed by atoms with Crippen LogP contribution in [-0.2, 0) is 11.2 Å². The third-order valence-electron chi connectivity index (χ3n) is 2.98. The summed E-state index contributed by atoms with van der Waals surface area (Å²) in [4.78, 5) is 16.3. The predicted octanol–water partition coefficient (Wildman–Crippen LogP) is 4.92. The van der Waals surface area contributed by atoms with Crippen molar-refractivity contribution < 1.29 is 9.18 Å². The molecule has 0 radical (unpaired) electrons. The number of rotatable bonds is 3. The Labute approximate surface area is 139 Å². The van der Waals surface area contributed by atoms with Crippen LogP contribution >= 0.6 is 34.5 Å². The normalized spacial score (nSPS) is 10.9. The fourth-order valence-corrected chi connectivity index (χ4v) is 3.25. The maximum atomic E-state index is 12.8. The summed E-state index contributed by atoms with van der Waals surface area (Å²) in [7, 11) is 0. The molecule has 3 aromatic rings. The van der Waals surface area contributed by atoms with Crippen LogP contribution in [0, 0.1) is 5.82 Å². The van der Waals surface area contributed by atoms with E-state index in [0.717, 1.165) is 10.3 Å². The second kappa shape index (κ2) is 6.20. The average molecular weight is 355 g/mol. The fourth-order valence-electron chi connectivity index (χ4n) is 1.94. The molecule has 1 aromatic heterocycles. The van der Waals surface area contributed by atoms with Gasteiger partial charge < -0.3 is 5.32 Å². The summed E-state index contributed by atoms with van der Waals surface area (Å²) in [6, 6.07) is 9.28. The number of carbonyl (C=O) groups is 1. The molecule has 1 heterocycles. The number of nitrogens with zero attached hydrogens (tertiary/aromatic N) is 1. The topological polar surface area (TPSA) is 42.0 Å². The minimum atomic E-state index is -0.332. The lowest BCUT2D eigenvalue weighted by Gasteiger charge is -2.01. The Bertz CT molecular complexity index is 849. The molecule has 0 spiro atoms. The summed E-state index contributed by atoms with van der Waals surface area (Å²) in [5.41, 5.74) is 1.29. The number of benzene rings is 2. The monoisotopic (exact) mass is 354 g/mol. The number of thiazole rings is 1. The van der Waals surface area contributed by atoms with Gasteiger partial charge in [0, 0.05) is 0 Å². The van der Waals surface area contributed by atoms with Crippen LogP contribution in [0.3, 0.4) is 0 Å². The highest BCUT2D eigenvalue weighted by molar-refractivity contribution is 7.22. The van der Waals surface area contributed by atoms with Crippen molar-refractivity contribution >= 4 is 55.8 Å². The Hall–Kier alpha value is -1.69. The second-order valence-corrected chi connectivity index (χ2v) is 6.39. The number of halogens is 3. The van der Waals surface area contributed by atoms with Gasteiger partial charge in [0.2, 0.25) is 5.91 Å². The molecule has 0 saturated carbocycles. The zero-order chi connectivity index (χ0) is 15.7. The highest BCUT2D eigenvalue weighted by Gasteiger charge is 2.12. The van der Waals surface area contributed by atoms with Crippen LogP contribution in [0.25, 0.3) is 10.2 Å². The van der Waals surface area contributed by atoms with Crippen LogP contribution in [0.5, 0.6) is 0 Å². The maximum Gasteiger partial charge on any atom is 0.230 e. The minimum Gasteiger partial charge on any atom is -0.302 e. The Morgan fingerprint density at radius 3 is 2.64 bits per heavy atom. The highest BCUT2D eigenvalue weighted by Crippen LogP contribution is 2.35. The smallest absolute Gasteiger partial charge is 0.230 e. The molecule has 112 valence electrons. The molecule has 0 atom stereocenters. The Balaban J connectivity index is 1.76. The van der Waals surface area contributed by atoms with Crippen molar-refractivity contribution in [1.82, 2.24) is 4.98 Å². The van der Waals surface area contributed by atoms with Crippen molar-refractivity contribution in [2.75, 3.05) is 5.32 Å². The zero-order valence-corrected chi connectivity index (χ0v) is 13.4. The number of carbonyl (C=O) groups excluding carboxylic acids is 1. The van der Waals surface area contributed by atoms with Crippen molar-refractivity contribution in [2.45, 2.75) is 6.42 Å². The highest BCUT2D eigenvalue weighted by atomic mass is 35.5. The molecule has 2 aromatic carbocycles. The van der Waals surface area contributed by atoms with Crippen LogP contribution in [0.1, 0.15) is 5.56 Å². The number of fused-ring (bicyclic) bond motifs is 1. The van der Waals surface area contributed by atoms with Crippen molar-refractivity contribution in [3.05, 3.63) is 57.8 Å². The molecular weight excluding hydrogens is 346 g/mol. The summed E-state index contributed by atoms with van der Waals surface area (Å²) in [6.07, 6.45) is 0.144. The molecule has 7 heteroatoms. The van der Waals surface area contributed by atoms with E-state index in [1.54, 1.807) is 24.3 Å². The Morgan fingerprint density at radius 2 is 1.91 bits per heavy atom. The van der Waals surface area contributed by atoms with Gasteiger partial charge in [0.05, 0.1) is 21.2 Å². The average Bonchev–Trinajstić information content (AvgIpc) is 2.89. The molecule has 0 aliphatic heterocycles. The maximum absolute atomic E-state index is 12.8. The van der Waals surface area contributed by atoms with Gasteiger partial charge in [-0.15, -0.1) is 0 Å². The van der Waals surface area contributed by atoms with Crippen molar-refractivity contribution in [3.63, 3.8) is 0 Å². The number of hydrogen-bond donors (Lipinski definition) is 1. The molecular formula is C15H9Cl2FN2OS. The van der Waals surface area contributed by atoms with Gasteiger partial charge in [-0.1, -0.05) is 46.7 Å². The number of nitrogens with one attached hydrogen (secondary N) is 1. The number of anilines is 1. The lowest BCUT2D eigenvalue weighted by molar-refractivity contribution is -0.115. The van der Waals surface area contributed by atoms with Gasteiger partial charge in [-0.3, -0.25) is 4.79 Å². The quantitative estimate of drug-likeness (QED) is 0.724. The number of hydrogen-bond acceptors (Lipinski definition) is 3. The first-order chi connectivity index (χ1) is 10.5. The van der Waals surface area contributed by atoms with Crippen LogP contribution in [0.15, 0.2) is 36.4 Å². The minimum absolute atomic E-state index is 0.144. The summed E-state index contributed by atoms with van der Waals surface area (Å²) in [5, 5.41) is 3.95. The Kier molecular flexibility index (Phi) is 4.29. The summed E-state index contributed by atoms with van der Waals surface area (Å²) in [6.45, 7) is 0. The molecule has 0 unspecified atom stereocenters. The molecule has 0 saturated heterocycles. The molecule has 0 bridgehead atoms. The van der Waals surface area contributed by atoms with E-state index < -0.39 is 0 Å². The first-order valence-corrected chi connectivity index (χ1v) is 7.89. The molecule has 22 heavy (non-hydrogen) atoms. The van der Waals surface area contributed by atoms with Crippen molar-refractivity contribution in [3.8, 4) is 0 Å². The number of aromatic nitrogens is 1. The largest absolute Gasteiger partial charge is 0.302 e. The van der Waals surface area contributed by atoms with Gasteiger partial charge >= 0.3 is 0 Å². The molecule has 1 N–H and O–H groups in total. The summed E-state index contributed by atoms with van der Waals surface area (Å²) < 4.78 is 13.7. The molecule has 0 fully saturated rings. The molecule has 0 aliphatic rings.